The van der Waals surface area contributed by atoms with Gasteiger partial charge in [0.15, 0.2) is 0 Å². The molecule has 1 N–H and O–H groups in total. The highest BCUT2D eigenvalue weighted by Gasteiger charge is 2.25. The van der Waals surface area contributed by atoms with Gasteiger partial charge < -0.3 is 5.32 Å². The van der Waals surface area contributed by atoms with Crippen molar-refractivity contribution in [2.75, 3.05) is 26.2 Å². The van der Waals surface area contributed by atoms with Crippen molar-refractivity contribution in [3.63, 3.8) is 0 Å². The lowest BCUT2D eigenvalue weighted by Crippen LogP contribution is -2.45. The maximum Gasteiger partial charge on any atom is 0.128 e. The van der Waals surface area contributed by atoms with Crippen LogP contribution in [0.25, 0.3) is 0 Å². The maximum absolute atomic E-state index is 14.1. The summed E-state index contributed by atoms with van der Waals surface area (Å²) in [6.45, 7) is 7.93. The first-order chi connectivity index (χ1) is 9.58. The third kappa shape index (κ3) is 5.99. The van der Waals surface area contributed by atoms with Gasteiger partial charge >= 0.3 is 0 Å². The van der Waals surface area contributed by atoms with Crippen LogP contribution in [0.4, 0.5) is 8.78 Å². The Labute approximate surface area is 144 Å². The maximum atomic E-state index is 14.1. The lowest BCUT2D eigenvalue weighted by Gasteiger charge is -2.35. The van der Waals surface area contributed by atoms with E-state index < -0.39 is 0 Å². The molecule has 0 radical (unpaired) electrons. The molecule has 1 heterocycles. The standard InChI is InChI=1S/C16H24F2N2.2ClH/c1-12(2)3-6-16(20-9-7-19-8-10-20)14-11-13(17)4-5-15(14)18;;/h4-5,11-12,16,19H,3,6-10H2,1-2H3;2*1H/t16-;;/m1../s1. The van der Waals surface area contributed by atoms with Crippen LogP contribution in [0, 0.1) is 17.6 Å². The predicted octanol–water partition coefficient (Wildman–Crippen LogP) is 4.19. The molecule has 1 aliphatic rings. The summed E-state index contributed by atoms with van der Waals surface area (Å²) >= 11 is 0. The largest absolute Gasteiger partial charge is 0.314 e. The van der Waals surface area contributed by atoms with Crippen molar-refractivity contribution in [3.8, 4) is 0 Å². The van der Waals surface area contributed by atoms with E-state index in [-0.39, 0.29) is 42.5 Å². The minimum absolute atomic E-state index is 0. The summed E-state index contributed by atoms with van der Waals surface area (Å²) in [5, 5.41) is 3.30. The number of halogens is 4. The first-order valence-electron chi connectivity index (χ1n) is 7.47. The zero-order valence-electron chi connectivity index (χ0n) is 13.1. The lowest BCUT2D eigenvalue weighted by atomic mass is 9.95. The lowest BCUT2D eigenvalue weighted by molar-refractivity contribution is 0.156. The molecular formula is C16H26Cl2F2N2. The molecule has 1 aliphatic heterocycles. The van der Waals surface area contributed by atoms with Crippen LogP contribution >= 0.6 is 24.8 Å². The molecule has 1 fully saturated rings. The SMILES string of the molecule is CC(C)CC[C@H](c1cc(F)ccc1F)N1CCNCC1.Cl.Cl. The number of piperazine rings is 1. The molecule has 1 atom stereocenters. The average molecular weight is 355 g/mol. The van der Waals surface area contributed by atoms with Gasteiger partial charge in [-0.15, -0.1) is 24.8 Å². The Bertz CT molecular complexity index is 438. The Morgan fingerprint density at radius 2 is 1.73 bits per heavy atom. The van der Waals surface area contributed by atoms with Crippen LogP contribution in [-0.2, 0) is 0 Å². The van der Waals surface area contributed by atoms with Crippen LogP contribution in [0.15, 0.2) is 18.2 Å². The highest BCUT2D eigenvalue weighted by atomic mass is 35.5. The van der Waals surface area contributed by atoms with Crippen molar-refractivity contribution in [2.45, 2.75) is 32.7 Å². The molecule has 0 amide bonds. The summed E-state index contributed by atoms with van der Waals surface area (Å²) in [6.07, 6.45) is 1.89. The van der Waals surface area contributed by atoms with Crippen molar-refractivity contribution in [1.29, 1.82) is 0 Å². The van der Waals surface area contributed by atoms with Crippen LogP contribution in [0.3, 0.4) is 0 Å². The van der Waals surface area contributed by atoms with E-state index in [4.69, 9.17) is 0 Å². The second kappa shape index (κ2) is 10.4. The summed E-state index contributed by atoms with van der Waals surface area (Å²) in [7, 11) is 0. The summed E-state index contributed by atoms with van der Waals surface area (Å²) < 4.78 is 27.6. The minimum Gasteiger partial charge on any atom is -0.314 e. The van der Waals surface area contributed by atoms with Crippen molar-refractivity contribution in [2.24, 2.45) is 5.92 Å². The molecule has 2 rings (SSSR count). The van der Waals surface area contributed by atoms with Crippen LogP contribution in [-0.4, -0.2) is 31.1 Å². The van der Waals surface area contributed by atoms with E-state index in [0.717, 1.165) is 39.0 Å². The van der Waals surface area contributed by atoms with Gasteiger partial charge in [0.2, 0.25) is 0 Å². The highest BCUT2D eigenvalue weighted by Crippen LogP contribution is 2.30. The monoisotopic (exact) mass is 354 g/mol. The van der Waals surface area contributed by atoms with E-state index in [1.165, 1.54) is 18.2 Å². The van der Waals surface area contributed by atoms with Crippen molar-refractivity contribution >= 4 is 24.8 Å². The third-order valence-electron chi connectivity index (χ3n) is 3.93. The molecule has 0 aliphatic carbocycles. The van der Waals surface area contributed by atoms with Gasteiger partial charge in [0.05, 0.1) is 0 Å². The van der Waals surface area contributed by atoms with E-state index in [0.29, 0.717) is 11.5 Å². The molecule has 0 bridgehead atoms. The molecular weight excluding hydrogens is 329 g/mol. The molecule has 1 aromatic carbocycles. The number of nitrogens with one attached hydrogen (secondary N) is 1. The topological polar surface area (TPSA) is 15.3 Å². The van der Waals surface area contributed by atoms with Gasteiger partial charge in [-0.05, 0) is 37.0 Å². The quantitative estimate of drug-likeness (QED) is 0.852. The van der Waals surface area contributed by atoms with Gasteiger partial charge in [-0.25, -0.2) is 8.78 Å². The Morgan fingerprint density at radius 3 is 2.32 bits per heavy atom. The third-order valence-corrected chi connectivity index (χ3v) is 3.93. The van der Waals surface area contributed by atoms with E-state index in [1.54, 1.807) is 0 Å². The average Bonchev–Trinajstić information content (AvgIpc) is 2.43. The Hall–Kier alpha value is -0.420. The van der Waals surface area contributed by atoms with E-state index in [1.807, 2.05) is 0 Å². The van der Waals surface area contributed by atoms with Gasteiger partial charge in [-0.3, -0.25) is 4.90 Å². The molecule has 128 valence electrons. The molecule has 0 aromatic heterocycles. The Kier molecular flexibility index (Phi) is 10.2. The summed E-state index contributed by atoms with van der Waals surface area (Å²) in [6, 6.07) is 3.78. The van der Waals surface area contributed by atoms with Crippen molar-refractivity contribution in [3.05, 3.63) is 35.4 Å². The van der Waals surface area contributed by atoms with Crippen LogP contribution < -0.4 is 5.32 Å². The fourth-order valence-corrected chi connectivity index (χ4v) is 2.79. The van der Waals surface area contributed by atoms with Crippen LogP contribution in [0.1, 0.15) is 38.3 Å². The fraction of sp³-hybridized carbons (Fsp3) is 0.625. The van der Waals surface area contributed by atoms with E-state index in [9.17, 15) is 8.78 Å². The van der Waals surface area contributed by atoms with Crippen LogP contribution in [0.2, 0.25) is 0 Å². The van der Waals surface area contributed by atoms with Gasteiger partial charge in [0, 0.05) is 37.8 Å². The van der Waals surface area contributed by atoms with Crippen LogP contribution in [0.5, 0.6) is 0 Å². The van der Waals surface area contributed by atoms with Gasteiger partial charge in [-0.1, -0.05) is 13.8 Å². The predicted molar refractivity (Wildman–Crippen MR) is 92.1 cm³/mol. The molecule has 1 saturated heterocycles. The molecule has 2 nitrogen and oxygen atoms in total. The number of hydrogen-bond acceptors (Lipinski definition) is 2. The molecule has 0 spiro atoms. The Balaban J connectivity index is 0.00000220. The number of hydrogen-bond donors (Lipinski definition) is 1. The van der Waals surface area contributed by atoms with Gasteiger partial charge in [-0.2, -0.15) is 0 Å². The zero-order valence-corrected chi connectivity index (χ0v) is 14.8. The fourth-order valence-electron chi connectivity index (χ4n) is 2.79. The zero-order chi connectivity index (χ0) is 14.5. The molecule has 6 heteroatoms. The summed E-state index contributed by atoms with van der Waals surface area (Å²) in [5.74, 6) is -0.0817. The first-order valence-corrected chi connectivity index (χ1v) is 7.47. The van der Waals surface area contributed by atoms with Crippen molar-refractivity contribution in [1.82, 2.24) is 10.2 Å². The summed E-state index contributed by atoms with van der Waals surface area (Å²) in [4.78, 5) is 2.27. The summed E-state index contributed by atoms with van der Waals surface area (Å²) in [5.41, 5.74) is 0.507. The molecule has 0 unspecified atom stereocenters. The highest BCUT2D eigenvalue weighted by molar-refractivity contribution is 5.85. The minimum atomic E-state index is -0.355. The molecule has 1 aromatic rings. The molecule has 22 heavy (non-hydrogen) atoms. The van der Waals surface area contributed by atoms with Gasteiger partial charge in [0.1, 0.15) is 11.6 Å². The number of nitrogens with zero attached hydrogens (tertiary/aromatic N) is 1. The van der Waals surface area contributed by atoms with E-state index >= 15 is 0 Å². The van der Waals surface area contributed by atoms with Crippen molar-refractivity contribution < 1.29 is 8.78 Å². The normalized spacial score (nSPS) is 16.8. The second-order valence-corrected chi connectivity index (χ2v) is 5.94. The number of benzene rings is 1. The molecule has 0 saturated carbocycles. The number of rotatable bonds is 5. The van der Waals surface area contributed by atoms with Gasteiger partial charge in [0.25, 0.3) is 0 Å². The Morgan fingerprint density at radius 1 is 1.09 bits per heavy atom. The smallest absolute Gasteiger partial charge is 0.128 e. The van der Waals surface area contributed by atoms with E-state index in [2.05, 4.69) is 24.1 Å². The first kappa shape index (κ1) is 21.6. The second-order valence-electron chi connectivity index (χ2n) is 5.94.